The molecule has 0 unspecified atom stereocenters. The van der Waals surface area contributed by atoms with E-state index in [1.54, 1.807) is 6.08 Å². The van der Waals surface area contributed by atoms with E-state index in [4.69, 9.17) is 4.99 Å². The standard InChI is InChI=1S/C19H21N/c1-5-14(3)20-19-15(4)18(13-12-16(19)6-2)17-10-8-7-9-11-17/h5,7-13H,1,6H2,2-4H3. The van der Waals surface area contributed by atoms with E-state index in [0.29, 0.717) is 0 Å². The van der Waals surface area contributed by atoms with Crippen molar-refractivity contribution in [3.8, 4) is 11.1 Å². The summed E-state index contributed by atoms with van der Waals surface area (Å²) in [6.45, 7) is 10.1. The van der Waals surface area contributed by atoms with Gasteiger partial charge in [0.25, 0.3) is 0 Å². The number of allylic oxidation sites excluding steroid dienone is 1. The molecule has 0 amide bonds. The smallest absolute Gasteiger partial charge is 0.0700 e. The van der Waals surface area contributed by atoms with Crippen molar-refractivity contribution in [1.82, 2.24) is 0 Å². The van der Waals surface area contributed by atoms with Crippen molar-refractivity contribution in [1.29, 1.82) is 0 Å². The fraction of sp³-hybridized carbons (Fsp3) is 0.211. The molecule has 0 radical (unpaired) electrons. The van der Waals surface area contributed by atoms with Crippen LogP contribution >= 0.6 is 0 Å². The first-order chi connectivity index (χ1) is 9.67. The van der Waals surface area contributed by atoms with Crippen LogP contribution in [0.2, 0.25) is 0 Å². The quantitative estimate of drug-likeness (QED) is 0.646. The molecule has 1 nitrogen and oxygen atoms in total. The summed E-state index contributed by atoms with van der Waals surface area (Å²) in [6, 6.07) is 14.8. The lowest BCUT2D eigenvalue weighted by atomic mass is 9.95. The van der Waals surface area contributed by atoms with Crippen molar-refractivity contribution in [2.45, 2.75) is 27.2 Å². The number of hydrogen-bond donors (Lipinski definition) is 0. The first-order valence-corrected chi connectivity index (χ1v) is 7.03. The Hall–Kier alpha value is -2.15. The number of aryl methyl sites for hydroxylation is 1. The predicted molar refractivity (Wildman–Crippen MR) is 89.0 cm³/mol. The van der Waals surface area contributed by atoms with Crippen LogP contribution < -0.4 is 0 Å². The Morgan fingerprint density at radius 3 is 2.45 bits per heavy atom. The Labute approximate surface area is 121 Å². The molecule has 0 N–H and O–H groups in total. The molecule has 0 saturated carbocycles. The van der Waals surface area contributed by atoms with Gasteiger partial charge in [0.15, 0.2) is 0 Å². The summed E-state index contributed by atoms with van der Waals surface area (Å²) >= 11 is 0. The van der Waals surface area contributed by atoms with E-state index < -0.39 is 0 Å². The number of benzene rings is 2. The van der Waals surface area contributed by atoms with Gasteiger partial charge in [-0.25, -0.2) is 0 Å². The van der Waals surface area contributed by atoms with Gasteiger partial charge in [-0.05, 0) is 48.6 Å². The second-order valence-electron chi connectivity index (χ2n) is 4.92. The predicted octanol–water partition coefficient (Wildman–Crippen LogP) is 5.50. The number of rotatable bonds is 4. The molecule has 0 atom stereocenters. The van der Waals surface area contributed by atoms with Crippen LogP contribution in [0.3, 0.4) is 0 Å². The van der Waals surface area contributed by atoms with Crippen molar-refractivity contribution in [2.75, 3.05) is 0 Å². The summed E-state index contributed by atoms with van der Waals surface area (Å²) in [6.07, 6.45) is 2.78. The molecule has 2 aromatic rings. The zero-order chi connectivity index (χ0) is 14.5. The normalized spacial score (nSPS) is 11.4. The third-order valence-corrected chi connectivity index (χ3v) is 3.56. The molecule has 20 heavy (non-hydrogen) atoms. The van der Waals surface area contributed by atoms with Crippen molar-refractivity contribution >= 4 is 11.4 Å². The highest BCUT2D eigenvalue weighted by atomic mass is 14.7. The fourth-order valence-corrected chi connectivity index (χ4v) is 2.35. The topological polar surface area (TPSA) is 12.4 Å². The maximum absolute atomic E-state index is 4.73. The average Bonchev–Trinajstić information content (AvgIpc) is 2.49. The van der Waals surface area contributed by atoms with Gasteiger partial charge in [-0.15, -0.1) is 0 Å². The molecule has 0 aliphatic carbocycles. The summed E-state index contributed by atoms with van der Waals surface area (Å²) in [5.41, 5.74) is 7.04. The number of nitrogens with zero attached hydrogens (tertiary/aromatic N) is 1. The molecule has 0 aliphatic rings. The molecular weight excluding hydrogens is 242 g/mol. The van der Waals surface area contributed by atoms with Gasteiger partial charge in [0.1, 0.15) is 0 Å². The third kappa shape index (κ3) is 2.88. The fourth-order valence-electron chi connectivity index (χ4n) is 2.35. The molecule has 0 aromatic heterocycles. The maximum atomic E-state index is 4.73. The lowest BCUT2D eigenvalue weighted by molar-refractivity contribution is 1.12. The number of aliphatic imine (C=N–C) groups is 1. The van der Waals surface area contributed by atoms with Crippen molar-refractivity contribution in [3.63, 3.8) is 0 Å². The van der Waals surface area contributed by atoms with Crippen LogP contribution in [-0.2, 0) is 6.42 Å². The second-order valence-corrected chi connectivity index (χ2v) is 4.92. The zero-order valence-electron chi connectivity index (χ0n) is 12.5. The first kappa shape index (κ1) is 14.3. The highest BCUT2D eigenvalue weighted by molar-refractivity contribution is 5.95. The molecule has 0 heterocycles. The van der Waals surface area contributed by atoms with E-state index in [0.717, 1.165) is 17.8 Å². The van der Waals surface area contributed by atoms with Crippen LogP contribution in [0.4, 0.5) is 5.69 Å². The van der Waals surface area contributed by atoms with Crippen LogP contribution in [0, 0.1) is 6.92 Å². The first-order valence-electron chi connectivity index (χ1n) is 7.03. The van der Waals surface area contributed by atoms with Gasteiger partial charge in [-0.1, -0.05) is 56.0 Å². The Kier molecular flexibility index (Phi) is 4.52. The summed E-state index contributed by atoms with van der Waals surface area (Å²) in [4.78, 5) is 4.73. The molecular formula is C19H21N. The summed E-state index contributed by atoms with van der Waals surface area (Å²) in [7, 11) is 0. The van der Waals surface area contributed by atoms with Gasteiger partial charge in [-0.2, -0.15) is 0 Å². The molecule has 102 valence electrons. The van der Waals surface area contributed by atoms with Crippen LogP contribution in [0.15, 0.2) is 60.1 Å². The van der Waals surface area contributed by atoms with E-state index in [1.165, 1.54) is 22.3 Å². The Morgan fingerprint density at radius 1 is 1.15 bits per heavy atom. The molecule has 0 aliphatic heterocycles. The SMILES string of the molecule is C=CC(C)=Nc1c(CC)ccc(-c2ccccc2)c1C. The highest BCUT2D eigenvalue weighted by Crippen LogP contribution is 2.33. The Bertz CT molecular complexity index is 636. The van der Waals surface area contributed by atoms with Gasteiger partial charge < -0.3 is 0 Å². The van der Waals surface area contributed by atoms with E-state index in [1.807, 2.05) is 13.0 Å². The van der Waals surface area contributed by atoms with Crippen molar-refractivity contribution in [2.24, 2.45) is 4.99 Å². The van der Waals surface area contributed by atoms with Crippen molar-refractivity contribution < 1.29 is 0 Å². The summed E-state index contributed by atoms with van der Waals surface area (Å²) < 4.78 is 0. The van der Waals surface area contributed by atoms with E-state index in [9.17, 15) is 0 Å². The third-order valence-electron chi connectivity index (χ3n) is 3.56. The minimum atomic E-state index is 0.952. The lowest BCUT2D eigenvalue weighted by Crippen LogP contribution is -1.92. The lowest BCUT2D eigenvalue weighted by Gasteiger charge is -2.13. The van der Waals surface area contributed by atoms with Gasteiger partial charge in [0, 0.05) is 5.71 Å². The van der Waals surface area contributed by atoms with Crippen LogP contribution in [0.5, 0.6) is 0 Å². The average molecular weight is 263 g/mol. The van der Waals surface area contributed by atoms with Crippen LogP contribution in [0.25, 0.3) is 11.1 Å². The minimum absolute atomic E-state index is 0.952. The van der Waals surface area contributed by atoms with Gasteiger partial charge in [0.05, 0.1) is 5.69 Å². The molecule has 2 rings (SSSR count). The van der Waals surface area contributed by atoms with Gasteiger partial charge in [-0.3, -0.25) is 4.99 Å². The van der Waals surface area contributed by atoms with Crippen LogP contribution in [0.1, 0.15) is 25.0 Å². The molecule has 0 saturated heterocycles. The summed E-state index contributed by atoms with van der Waals surface area (Å²) in [5, 5.41) is 0. The summed E-state index contributed by atoms with van der Waals surface area (Å²) in [5.74, 6) is 0. The number of hydrogen-bond acceptors (Lipinski definition) is 1. The molecule has 1 heteroatoms. The Morgan fingerprint density at radius 2 is 1.85 bits per heavy atom. The molecule has 0 fully saturated rings. The van der Waals surface area contributed by atoms with Gasteiger partial charge in [0.2, 0.25) is 0 Å². The van der Waals surface area contributed by atoms with Gasteiger partial charge >= 0.3 is 0 Å². The molecule has 0 spiro atoms. The van der Waals surface area contributed by atoms with Crippen molar-refractivity contribution in [3.05, 3.63) is 66.2 Å². The highest BCUT2D eigenvalue weighted by Gasteiger charge is 2.09. The van der Waals surface area contributed by atoms with E-state index in [-0.39, 0.29) is 0 Å². The monoisotopic (exact) mass is 263 g/mol. The maximum Gasteiger partial charge on any atom is 0.0700 e. The Balaban J connectivity index is 2.63. The molecule has 0 bridgehead atoms. The zero-order valence-corrected chi connectivity index (χ0v) is 12.5. The van der Waals surface area contributed by atoms with E-state index in [2.05, 4.69) is 56.8 Å². The largest absolute Gasteiger partial charge is 0.253 e. The van der Waals surface area contributed by atoms with Crippen LogP contribution in [-0.4, -0.2) is 5.71 Å². The minimum Gasteiger partial charge on any atom is -0.253 e. The molecule has 2 aromatic carbocycles. The second kappa shape index (κ2) is 6.33. The van der Waals surface area contributed by atoms with E-state index >= 15 is 0 Å².